The van der Waals surface area contributed by atoms with Gasteiger partial charge in [0.25, 0.3) is 0 Å². The summed E-state index contributed by atoms with van der Waals surface area (Å²) in [6.07, 6.45) is 1.89. The lowest BCUT2D eigenvalue weighted by molar-refractivity contribution is 0.976. The van der Waals surface area contributed by atoms with Crippen LogP contribution in [-0.2, 0) is 0 Å². The SMILES string of the molecule is c1ccc(-c2c(-c3ccccc3)n3nccc3c3cc4ccccc4cc23)cc1. The molecule has 0 unspecified atom stereocenters. The van der Waals surface area contributed by atoms with Gasteiger partial charge in [0.05, 0.1) is 17.4 Å². The molecule has 2 nitrogen and oxygen atoms in total. The van der Waals surface area contributed by atoms with Crippen molar-refractivity contribution in [2.24, 2.45) is 0 Å². The van der Waals surface area contributed by atoms with Crippen LogP contribution in [0.25, 0.3) is 49.4 Å². The predicted molar refractivity (Wildman–Crippen MR) is 121 cm³/mol. The standard InChI is InChI=1S/C27H18N2/c1-3-9-19(10-4-1)26-24-18-22-14-8-7-13-21(22)17-23(24)25-15-16-28-29(25)27(26)20-11-5-2-6-12-20/h1-18H. The molecule has 2 heteroatoms. The molecule has 136 valence electrons. The molecule has 0 spiro atoms. The topological polar surface area (TPSA) is 17.3 Å². The maximum atomic E-state index is 4.73. The first-order chi connectivity index (χ1) is 14.4. The van der Waals surface area contributed by atoms with Crippen LogP contribution in [0.3, 0.4) is 0 Å². The van der Waals surface area contributed by atoms with E-state index >= 15 is 0 Å². The summed E-state index contributed by atoms with van der Waals surface area (Å²) in [6, 6.07) is 36.5. The molecule has 0 aliphatic carbocycles. The minimum atomic E-state index is 1.12. The van der Waals surface area contributed by atoms with E-state index < -0.39 is 0 Å². The van der Waals surface area contributed by atoms with Crippen molar-refractivity contribution in [2.45, 2.75) is 0 Å². The monoisotopic (exact) mass is 370 g/mol. The highest BCUT2D eigenvalue weighted by atomic mass is 15.2. The van der Waals surface area contributed by atoms with Gasteiger partial charge < -0.3 is 0 Å². The Bertz CT molecular complexity index is 1480. The van der Waals surface area contributed by atoms with E-state index in [2.05, 4.69) is 108 Å². The Hall–Kier alpha value is -3.91. The Kier molecular flexibility index (Phi) is 3.50. The van der Waals surface area contributed by atoms with Crippen molar-refractivity contribution in [3.8, 4) is 22.4 Å². The van der Waals surface area contributed by atoms with Gasteiger partial charge in [0.1, 0.15) is 0 Å². The van der Waals surface area contributed by atoms with E-state index in [1.54, 1.807) is 0 Å². The molecule has 0 saturated heterocycles. The Labute approximate surface area is 168 Å². The van der Waals surface area contributed by atoms with Crippen molar-refractivity contribution in [3.63, 3.8) is 0 Å². The fraction of sp³-hybridized carbons (Fsp3) is 0. The normalized spacial score (nSPS) is 11.4. The number of pyridine rings is 1. The highest BCUT2D eigenvalue weighted by Gasteiger charge is 2.18. The molecular formula is C27H18N2. The van der Waals surface area contributed by atoms with Crippen molar-refractivity contribution < 1.29 is 0 Å². The van der Waals surface area contributed by atoms with E-state index in [-0.39, 0.29) is 0 Å². The summed E-state index contributed by atoms with van der Waals surface area (Å²) in [5, 5.41) is 9.70. The van der Waals surface area contributed by atoms with E-state index in [0.29, 0.717) is 0 Å². The highest BCUT2D eigenvalue weighted by Crippen LogP contribution is 2.41. The summed E-state index contributed by atoms with van der Waals surface area (Å²) in [5.74, 6) is 0. The zero-order chi connectivity index (χ0) is 19.2. The van der Waals surface area contributed by atoms with Crippen LogP contribution in [0.15, 0.2) is 109 Å². The number of benzene rings is 4. The average Bonchev–Trinajstić information content (AvgIpc) is 3.28. The number of aromatic nitrogens is 2. The van der Waals surface area contributed by atoms with Crippen LogP contribution >= 0.6 is 0 Å². The number of nitrogens with zero attached hydrogens (tertiary/aromatic N) is 2. The maximum Gasteiger partial charge on any atom is 0.0809 e. The van der Waals surface area contributed by atoms with Gasteiger partial charge in [0.2, 0.25) is 0 Å². The summed E-state index contributed by atoms with van der Waals surface area (Å²) >= 11 is 0. The third kappa shape index (κ3) is 2.46. The Morgan fingerprint density at radius 1 is 0.552 bits per heavy atom. The second-order valence-corrected chi connectivity index (χ2v) is 7.33. The van der Waals surface area contributed by atoms with Gasteiger partial charge >= 0.3 is 0 Å². The molecular weight excluding hydrogens is 352 g/mol. The van der Waals surface area contributed by atoms with Gasteiger partial charge in [-0.3, -0.25) is 0 Å². The first-order valence-electron chi connectivity index (χ1n) is 9.83. The van der Waals surface area contributed by atoms with E-state index in [4.69, 9.17) is 5.10 Å². The van der Waals surface area contributed by atoms with E-state index in [9.17, 15) is 0 Å². The van der Waals surface area contributed by atoms with Crippen molar-refractivity contribution in [3.05, 3.63) is 109 Å². The fourth-order valence-corrected chi connectivity index (χ4v) is 4.34. The Balaban J connectivity index is 1.89. The van der Waals surface area contributed by atoms with Crippen LogP contribution in [0, 0.1) is 0 Å². The summed E-state index contributed by atoms with van der Waals surface area (Å²) < 4.78 is 2.09. The molecule has 0 amide bonds. The lowest BCUT2D eigenvalue weighted by Gasteiger charge is -2.17. The molecule has 29 heavy (non-hydrogen) atoms. The van der Waals surface area contributed by atoms with Crippen LogP contribution in [-0.4, -0.2) is 9.61 Å². The summed E-state index contributed by atoms with van der Waals surface area (Å²) in [5.41, 5.74) is 5.83. The van der Waals surface area contributed by atoms with Gasteiger partial charge in [-0.1, -0.05) is 84.9 Å². The van der Waals surface area contributed by atoms with Gasteiger partial charge in [-0.05, 0) is 39.9 Å². The molecule has 0 N–H and O–H groups in total. The lowest BCUT2D eigenvalue weighted by Crippen LogP contribution is -1.99. The fourth-order valence-electron chi connectivity index (χ4n) is 4.34. The largest absolute Gasteiger partial charge is 0.232 e. The van der Waals surface area contributed by atoms with Crippen molar-refractivity contribution in [1.82, 2.24) is 9.61 Å². The molecule has 6 rings (SSSR count). The average molecular weight is 370 g/mol. The molecule has 6 aromatic rings. The van der Waals surface area contributed by atoms with Crippen LogP contribution in [0.5, 0.6) is 0 Å². The van der Waals surface area contributed by atoms with Gasteiger partial charge in [0.15, 0.2) is 0 Å². The summed E-state index contributed by atoms with van der Waals surface area (Å²) in [7, 11) is 0. The van der Waals surface area contributed by atoms with E-state index in [1.807, 2.05) is 6.20 Å². The molecule has 0 aliphatic rings. The first kappa shape index (κ1) is 16.1. The number of rotatable bonds is 2. The van der Waals surface area contributed by atoms with Crippen LogP contribution < -0.4 is 0 Å². The number of fused-ring (bicyclic) bond motifs is 4. The van der Waals surface area contributed by atoms with Crippen LogP contribution in [0.1, 0.15) is 0 Å². The predicted octanol–water partition coefficient (Wildman–Crippen LogP) is 6.97. The van der Waals surface area contributed by atoms with Gasteiger partial charge in [-0.2, -0.15) is 5.10 Å². The minimum Gasteiger partial charge on any atom is -0.232 e. The summed E-state index contributed by atoms with van der Waals surface area (Å²) in [6.45, 7) is 0. The Morgan fingerprint density at radius 2 is 1.14 bits per heavy atom. The lowest BCUT2D eigenvalue weighted by atomic mass is 9.92. The molecule has 0 atom stereocenters. The van der Waals surface area contributed by atoms with E-state index in [1.165, 1.54) is 32.7 Å². The van der Waals surface area contributed by atoms with Crippen molar-refractivity contribution in [2.75, 3.05) is 0 Å². The van der Waals surface area contributed by atoms with Gasteiger partial charge in [-0.15, -0.1) is 0 Å². The molecule has 0 radical (unpaired) electrons. The molecule has 2 heterocycles. The minimum absolute atomic E-state index is 1.12. The molecule has 2 aromatic heterocycles. The quantitative estimate of drug-likeness (QED) is 0.301. The van der Waals surface area contributed by atoms with Crippen molar-refractivity contribution >= 4 is 27.1 Å². The van der Waals surface area contributed by atoms with E-state index in [0.717, 1.165) is 16.8 Å². The number of hydrogen-bond acceptors (Lipinski definition) is 1. The third-order valence-electron chi connectivity index (χ3n) is 5.63. The first-order valence-corrected chi connectivity index (χ1v) is 9.83. The second kappa shape index (κ2) is 6.32. The number of hydrogen-bond donors (Lipinski definition) is 0. The highest BCUT2D eigenvalue weighted by molar-refractivity contribution is 6.14. The van der Waals surface area contributed by atoms with Crippen molar-refractivity contribution in [1.29, 1.82) is 0 Å². The molecule has 0 aliphatic heterocycles. The third-order valence-corrected chi connectivity index (χ3v) is 5.63. The van der Waals surface area contributed by atoms with Crippen LogP contribution in [0.4, 0.5) is 0 Å². The zero-order valence-electron chi connectivity index (χ0n) is 15.8. The van der Waals surface area contributed by atoms with Gasteiger partial charge in [0, 0.05) is 16.5 Å². The molecule has 4 aromatic carbocycles. The molecule has 0 saturated carbocycles. The zero-order valence-corrected chi connectivity index (χ0v) is 15.8. The van der Waals surface area contributed by atoms with Gasteiger partial charge in [-0.25, -0.2) is 4.52 Å². The summed E-state index contributed by atoms with van der Waals surface area (Å²) in [4.78, 5) is 0. The maximum absolute atomic E-state index is 4.73. The van der Waals surface area contributed by atoms with Crippen LogP contribution in [0.2, 0.25) is 0 Å². The molecule has 0 bridgehead atoms. The molecule has 0 fully saturated rings. The smallest absolute Gasteiger partial charge is 0.0809 e. The Morgan fingerprint density at radius 3 is 1.83 bits per heavy atom. The second-order valence-electron chi connectivity index (χ2n) is 7.33.